The quantitative estimate of drug-likeness (QED) is 0.923. The number of hydrogen-bond acceptors (Lipinski definition) is 6. The molecule has 0 fully saturated rings. The van der Waals surface area contributed by atoms with Gasteiger partial charge in [0.15, 0.2) is 12.2 Å². The molecule has 0 bridgehead atoms. The molecule has 1 atom stereocenters. The van der Waals surface area contributed by atoms with Gasteiger partial charge in [-0.15, -0.1) is 11.3 Å². The van der Waals surface area contributed by atoms with Crippen LogP contribution in [0.1, 0.15) is 27.4 Å². The Kier molecular flexibility index (Phi) is 3.54. The van der Waals surface area contributed by atoms with E-state index in [1.165, 1.54) is 6.39 Å². The number of carbonyl (C=O) groups excluding carboxylic acids is 1. The predicted octanol–water partition coefficient (Wildman–Crippen LogP) is 1.28. The second-order valence-electron chi connectivity index (χ2n) is 4.74. The molecule has 106 valence electrons. The minimum absolute atomic E-state index is 0.0223. The molecule has 2 aromatic rings. The molecular weight excluding hydrogens is 276 g/mol. The van der Waals surface area contributed by atoms with E-state index in [2.05, 4.69) is 15.3 Å². The maximum atomic E-state index is 12.6. The van der Waals surface area contributed by atoms with Crippen LogP contribution in [0.3, 0.4) is 0 Å². The topological polar surface area (TPSA) is 71.3 Å². The maximum Gasteiger partial charge on any atom is 0.247 e. The molecule has 0 aromatic carbocycles. The first-order valence-corrected chi connectivity index (χ1v) is 7.30. The van der Waals surface area contributed by atoms with Gasteiger partial charge in [-0.05, 0) is 14.0 Å². The summed E-state index contributed by atoms with van der Waals surface area (Å²) in [6.45, 7) is 3.20. The summed E-state index contributed by atoms with van der Waals surface area (Å²) >= 11 is 1.62. The molecule has 3 heterocycles. The number of carbonyl (C=O) groups is 1. The SMILES string of the molecule is CNC1C(=O)N(Cc2cnc(C)s2)CCc2ncoc21. The van der Waals surface area contributed by atoms with Gasteiger partial charge in [0.25, 0.3) is 0 Å². The molecule has 2 aromatic heterocycles. The third-order valence-electron chi connectivity index (χ3n) is 3.42. The van der Waals surface area contributed by atoms with Crippen LogP contribution in [0.5, 0.6) is 0 Å². The van der Waals surface area contributed by atoms with Gasteiger partial charge in [-0.25, -0.2) is 9.97 Å². The van der Waals surface area contributed by atoms with E-state index in [0.29, 0.717) is 25.3 Å². The number of hydrogen-bond donors (Lipinski definition) is 1. The van der Waals surface area contributed by atoms with E-state index in [9.17, 15) is 4.79 Å². The highest BCUT2D eigenvalue weighted by atomic mass is 32.1. The molecule has 0 aliphatic carbocycles. The molecule has 0 radical (unpaired) electrons. The van der Waals surface area contributed by atoms with Crippen molar-refractivity contribution in [3.63, 3.8) is 0 Å². The standard InChI is InChI=1S/C13H16N4O2S/c1-8-15-5-9(20-8)6-17-4-3-10-12(19-7-16-10)11(14-2)13(17)18/h5,7,11,14H,3-4,6H2,1-2H3. The number of nitrogens with zero attached hydrogens (tertiary/aromatic N) is 3. The Hall–Kier alpha value is -1.73. The summed E-state index contributed by atoms with van der Waals surface area (Å²) < 4.78 is 5.38. The molecule has 0 spiro atoms. The number of aromatic nitrogens is 2. The Bertz CT molecular complexity index is 621. The molecule has 1 aliphatic rings. The van der Waals surface area contributed by atoms with Crippen molar-refractivity contribution in [3.8, 4) is 0 Å². The van der Waals surface area contributed by atoms with E-state index in [0.717, 1.165) is 15.6 Å². The first-order chi connectivity index (χ1) is 9.69. The van der Waals surface area contributed by atoms with Gasteiger partial charge in [0.1, 0.15) is 6.04 Å². The molecular formula is C13H16N4O2S. The third kappa shape index (κ3) is 2.34. The third-order valence-corrected chi connectivity index (χ3v) is 4.31. The Morgan fingerprint density at radius 1 is 1.55 bits per heavy atom. The highest BCUT2D eigenvalue weighted by Gasteiger charge is 2.33. The van der Waals surface area contributed by atoms with Crippen LogP contribution in [0.2, 0.25) is 0 Å². The van der Waals surface area contributed by atoms with E-state index >= 15 is 0 Å². The van der Waals surface area contributed by atoms with Crippen molar-refractivity contribution in [1.29, 1.82) is 0 Å². The summed E-state index contributed by atoms with van der Waals surface area (Å²) in [6, 6.07) is -0.455. The molecule has 1 N–H and O–H groups in total. The van der Waals surface area contributed by atoms with Crippen molar-refractivity contribution in [3.05, 3.63) is 33.9 Å². The first-order valence-electron chi connectivity index (χ1n) is 6.48. The number of fused-ring (bicyclic) bond motifs is 1. The van der Waals surface area contributed by atoms with Gasteiger partial charge in [-0.2, -0.15) is 0 Å². The number of likely N-dealkylation sites (N-methyl/N-ethyl adjacent to an activating group) is 1. The molecule has 1 amide bonds. The van der Waals surface area contributed by atoms with E-state index in [4.69, 9.17) is 4.42 Å². The summed E-state index contributed by atoms with van der Waals surface area (Å²) in [5, 5.41) is 4.03. The summed E-state index contributed by atoms with van der Waals surface area (Å²) in [5.74, 6) is 0.662. The molecule has 3 rings (SSSR count). The second-order valence-corrected chi connectivity index (χ2v) is 6.06. The number of rotatable bonds is 3. The summed E-state index contributed by atoms with van der Waals surface area (Å²) in [7, 11) is 1.76. The highest BCUT2D eigenvalue weighted by molar-refractivity contribution is 7.11. The molecule has 1 unspecified atom stereocenters. The minimum Gasteiger partial charge on any atom is -0.446 e. The number of amides is 1. The summed E-state index contributed by atoms with van der Waals surface area (Å²) in [4.78, 5) is 24.0. The van der Waals surface area contributed by atoms with E-state index in [1.54, 1.807) is 18.4 Å². The van der Waals surface area contributed by atoms with Gasteiger partial charge in [0.05, 0.1) is 17.2 Å². The summed E-state index contributed by atoms with van der Waals surface area (Å²) in [6.07, 6.45) is 3.96. The minimum atomic E-state index is -0.455. The van der Waals surface area contributed by atoms with E-state index in [-0.39, 0.29) is 5.91 Å². The fourth-order valence-electron chi connectivity index (χ4n) is 2.42. The molecule has 20 heavy (non-hydrogen) atoms. The predicted molar refractivity (Wildman–Crippen MR) is 74.3 cm³/mol. The van der Waals surface area contributed by atoms with Crippen LogP contribution >= 0.6 is 11.3 Å². The molecule has 0 saturated carbocycles. The van der Waals surface area contributed by atoms with Crippen molar-refractivity contribution >= 4 is 17.2 Å². The number of aryl methyl sites for hydroxylation is 1. The Morgan fingerprint density at radius 2 is 2.40 bits per heavy atom. The van der Waals surface area contributed by atoms with Crippen LogP contribution in [0.4, 0.5) is 0 Å². The zero-order chi connectivity index (χ0) is 14.1. The Balaban J connectivity index is 1.84. The normalized spacial score (nSPS) is 19.0. The lowest BCUT2D eigenvalue weighted by Gasteiger charge is -2.23. The van der Waals surface area contributed by atoms with Crippen molar-refractivity contribution in [2.45, 2.75) is 25.9 Å². The van der Waals surface area contributed by atoms with Gasteiger partial charge in [0, 0.05) is 24.0 Å². The van der Waals surface area contributed by atoms with E-state index < -0.39 is 6.04 Å². The van der Waals surface area contributed by atoms with Crippen LogP contribution < -0.4 is 5.32 Å². The van der Waals surface area contributed by atoms with Crippen molar-refractivity contribution < 1.29 is 9.21 Å². The van der Waals surface area contributed by atoms with Gasteiger partial charge in [0.2, 0.25) is 5.91 Å². The lowest BCUT2D eigenvalue weighted by molar-refractivity contribution is -0.134. The Labute approximate surface area is 120 Å². The lowest BCUT2D eigenvalue weighted by Crippen LogP contribution is -2.38. The number of nitrogens with one attached hydrogen (secondary N) is 1. The number of thiazole rings is 1. The monoisotopic (exact) mass is 292 g/mol. The highest BCUT2D eigenvalue weighted by Crippen LogP contribution is 2.25. The zero-order valence-electron chi connectivity index (χ0n) is 11.4. The fourth-order valence-corrected chi connectivity index (χ4v) is 3.24. The average molecular weight is 292 g/mol. The van der Waals surface area contributed by atoms with Crippen LogP contribution in [-0.4, -0.2) is 34.4 Å². The van der Waals surface area contributed by atoms with Gasteiger partial charge in [-0.3, -0.25) is 4.79 Å². The summed E-state index contributed by atoms with van der Waals surface area (Å²) in [5.41, 5.74) is 0.862. The lowest BCUT2D eigenvalue weighted by atomic mass is 10.1. The van der Waals surface area contributed by atoms with Crippen LogP contribution in [0, 0.1) is 6.92 Å². The molecule has 7 heteroatoms. The smallest absolute Gasteiger partial charge is 0.247 e. The fraction of sp³-hybridized carbons (Fsp3) is 0.462. The van der Waals surface area contributed by atoms with Crippen LogP contribution in [0.25, 0.3) is 0 Å². The molecule has 1 aliphatic heterocycles. The van der Waals surface area contributed by atoms with Gasteiger partial charge < -0.3 is 14.6 Å². The second kappa shape index (κ2) is 5.34. The number of oxazole rings is 1. The molecule has 6 nitrogen and oxygen atoms in total. The van der Waals surface area contributed by atoms with E-state index in [1.807, 2.05) is 18.0 Å². The van der Waals surface area contributed by atoms with Crippen molar-refractivity contribution in [2.75, 3.05) is 13.6 Å². The Morgan fingerprint density at radius 3 is 3.10 bits per heavy atom. The van der Waals surface area contributed by atoms with Crippen LogP contribution in [0.15, 0.2) is 17.0 Å². The van der Waals surface area contributed by atoms with Crippen molar-refractivity contribution in [2.24, 2.45) is 0 Å². The van der Waals surface area contributed by atoms with Crippen LogP contribution in [-0.2, 0) is 17.8 Å². The maximum absolute atomic E-state index is 12.6. The average Bonchev–Trinajstić information content (AvgIpc) is 3.02. The zero-order valence-corrected chi connectivity index (χ0v) is 12.2. The van der Waals surface area contributed by atoms with Crippen molar-refractivity contribution in [1.82, 2.24) is 20.2 Å². The first kappa shape index (κ1) is 13.3. The molecule has 0 saturated heterocycles. The van der Waals surface area contributed by atoms with Gasteiger partial charge >= 0.3 is 0 Å². The largest absolute Gasteiger partial charge is 0.446 e. The van der Waals surface area contributed by atoms with Gasteiger partial charge in [-0.1, -0.05) is 0 Å².